The van der Waals surface area contributed by atoms with Crippen molar-refractivity contribution in [2.45, 2.75) is 25.3 Å². The molecule has 0 heterocycles. The van der Waals surface area contributed by atoms with Gasteiger partial charge < -0.3 is 14.8 Å². The second-order valence-corrected chi connectivity index (χ2v) is 6.88. The zero-order chi connectivity index (χ0) is 19.6. The third-order valence-corrected chi connectivity index (χ3v) is 4.87. The Morgan fingerprint density at radius 1 is 1.11 bits per heavy atom. The minimum atomic E-state index is -0.0216. The molecule has 1 N–H and O–H groups in total. The van der Waals surface area contributed by atoms with Crippen molar-refractivity contribution in [2.24, 2.45) is 0 Å². The Balaban J connectivity index is 1.96. The van der Waals surface area contributed by atoms with E-state index in [-0.39, 0.29) is 5.91 Å². The number of hydrogen-bond acceptors (Lipinski definition) is 5. The highest BCUT2D eigenvalue weighted by Crippen LogP contribution is 2.28. The van der Waals surface area contributed by atoms with Gasteiger partial charge in [0.05, 0.1) is 20.3 Å². The molecular weight excluding hydrogens is 360 g/mol. The molecule has 0 spiro atoms. The third kappa shape index (κ3) is 6.48. The lowest BCUT2D eigenvalue weighted by Crippen LogP contribution is -2.32. The van der Waals surface area contributed by atoms with E-state index in [1.54, 1.807) is 18.9 Å². The highest BCUT2D eigenvalue weighted by atomic mass is 32.2. The van der Waals surface area contributed by atoms with E-state index >= 15 is 0 Å². The van der Waals surface area contributed by atoms with Crippen LogP contribution in [0, 0.1) is 0 Å². The predicted molar refractivity (Wildman–Crippen MR) is 112 cm³/mol. The lowest BCUT2D eigenvalue weighted by molar-refractivity contribution is -0.117. The van der Waals surface area contributed by atoms with Gasteiger partial charge in [-0.05, 0) is 61.7 Å². The fourth-order valence-corrected chi connectivity index (χ4v) is 3.11. The number of thioether (sulfide) groups is 1. The van der Waals surface area contributed by atoms with Crippen LogP contribution in [-0.4, -0.2) is 43.9 Å². The summed E-state index contributed by atoms with van der Waals surface area (Å²) in [6.45, 7) is 6.35. The van der Waals surface area contributed by atoms with Crippen molar-refractivity contribution in [2.75, 3.05) is 38.4 Å². The summed E-state index contributed by atoms with van der Waals surface area (Å²) in [4.78, 5) is 15.6. The molecule has 0 radical (unpaired) electrons. The number of benzene rings is 2. The Bertz CT molecular complexity index is 735. The molecule has 146 valence electrons. The van der Waals surface area contributed by atoms with Crippen LogP contribution in [0.4, 0.5) is 5.69 Å². The Hall–Kier alpha value is -2.18. The Morgan fingerprint density at radius 3 is 2.44 bits per heavy atom. The van der Waals surface area contributed by atoms with Gasteiger partial charge in [-0.25, -0.2) is 0 Å². The molecular formula is C21H28N2O3S. The molecule has 0 aliphatic rings. The van der Waals surface area contributed by atoms with Gasteiger partial charge >= 0.3 is 0 Å². The fourth-order valence-electron chi connectivity index (χ4n) is 2.70. The van der Waals surface area contributed by atoms with Crippen molar-refractivity contribution in [1.82, 2.24) is 4.90 Å². The summed E-state index contributed by atoms with van der Waals surface area (Å²) < 4.78 is 11.0. The average molecular weight is 389 g/mol. The number of nitrogens with zero attached hydrogens (tertiary/aromatic N) is 1. The van der Waals surface area contributed by atoms with Crippen LogP contribution in [0.25, 0.3) is 0 Å². The zero-order valence-electron chi connectivity index (χ0n) is 16.5. The fraction of sp³-hybridized carbons (Fsp3) is 0.381. The molecule has 0 saturated heterocycles. The average Bonchev–Trinajstić information content (AvgIpc) is 2.69. The third-order valence-electron chi connectivity index (χ3n) is 4.12. The van der Waals surface area contributed by atoms with Crippen LogP contribution in [0.5, 0.6) is 11.5 Å². The van der Waals surface area contributed by atoms with E-state index in [9.17, 15) is 4.79 Å². The number of likely N-dealkylation sites (N-methyl/N-ethyl adjacent to an activating group) is 1. The van der Waals surface area contributed by atoms with Gasteiger partial charge in [-0.3, -0.25) is 9.69 Å². The van der Waals surface area contributed by atoms with Crippen molar-refractivity contribution >= 4 is 23.4 Å². The van der Waals surface area contributed by atoms with Gasteiger partial charge in [-0.2, -0.15) is 0 Å². The summed E-state index contributed by atoms with van der Waals surface area (Å²) in [6.07, 6.45) is 2.03. The van der Waals surface area contributed by atoms with Crippen LogP contribution in [0.2, 0.25) is 0 Å². The maximum absolute atomic E-state index is 12.4. The van der Waals surface area contributed by atoms with Gasteiger partial charge in [0.2, 0.25) is 5.91 Å². The highest BCUT2D eigenvalue weighted by Gasteiger charge is 2.12. The molecule has 2 aromatic rings. The van der Waals surface area contributed by atoms with Crippen LogP contribution >= 0.6 is 11.8 Å². The molecule has 0 aliphatic carbocycles. The molecule has 0 aliphatic heterocycles. The van der Waals surface area contributed by atoms with E-state index in [2.05, 4.69) is 10.2 Å². The molecule has 0 atom stereocenters. The minimum Gasteiger partial charge on any atom is -0.493 e. The van der Waals surface area contributed by atoms with Gasteiger partial charge in [-0.1, -0.05) is 13.0 Å². The first-order chi connectivity index (χ1) is 13.1. The van der Waals surface area contributed by atoms with E-state index in [0.29, 0.717) is 25.4 Å². The number of nitrogens with one attached hydrogen (secondary N) is 1. The quantitative estimate of drug-likeness (QED) is 0.616. The van der Waals surface area contributed by atoms with Gasteiger partial charge in [-0.15, -0.1) is 11.8 Å². The number of rotatable bonds is 10. The van der Waals surface area contributed by atoms with Gasteiger partial charge in [0.15, 0.2) is 11.5 Å². The molecule has 1 amide bonds. The molecule has 5 nitrogen and oxygen atoms in total. The SMILES string of the molecule is CCOc1ccc(CN(CC)CC(=O)Nc2ccc(SC)cc2)cc1OC. The summed E-state index contributed by atoms with van der Waals surface area (Å²) in [6, 6.07) is 13.8. The molecule has 0 saturated carbocycles. The molecule has 0 aromatic heterocycles. The van der Waals surface area contributed by atoms with Crippen LogP contribution < -0.4 is 14.8 Å². The lowest BCUT2D eigenvalue weighted by Gasteiger charge is -2.21. The smallest absolute Gasteiger partial charge is 0.238 e. The van der Waals surface area contributed by atoms with Gasteiger partial charge in [0.25, 0.3) is 0 Å². The number of ether oxygens (including phenoxy) is 2. The van der Waals surface area contributed by atoms with Crippen molar-refractivity contribution < 1.29 is 14.3 Å². The van der Waals surface area contributed by atoms with E-state index in [4.69, 9.17) is 9.47 Å². The Kier molecular flexibility index (Phi) is 8.48. The van der Waals surface area contributed by atoms with E-state index in [1.165, 1.54) is 4.90 Å². The molecule has 2 aromatic carbocycles. The molecule has 6 heteroatoms. The number of hydrogen-bond donors (Lipinski definition) is 1. The van der Waals surface area contributed by atoms with Gasteiger partial charge in [0, 0.05) is 17.1 Å². The van der Waals surface area contributed by atoms with Crippen LogP contribution in [0.15, 0.2) is 47.4 Å². The largest absolute Gasteiger partial charge is 0.493 e. The summed E-state index contributed by atoms with van der Waals surface area (Å²) in [5, 5.41) is 2.96. The molecule has 27 heavy (non-hydrogen) atoms. The monoisotopic (exact) mass is 388 g/mol. The maximum Gasteiger partial charge on any atom is 0.238 e. The Morgan fingerprint density at radius 2 is 1.85 bits per heavy atom. The van der Waals surface area contributed by atoms with Crippen LogP contribution in [-0.2, 0) is 11.3 Å². The van der Waals surface area contributed by atoms with Crippen molar-refractivity contribution in [1.29, 1.82) is 0 Å². The van der Waals surface area contributed by atoms with Crippen LogP contribution in [0.1, 0.15) is 19.4 Å². The first-order valence-electron chi connectivity index (χ1n) is 9.05. The standard InChI is InChI=1S/C21H28N2O3S/c1-5-23(14-16-7-12-19(26-6-2)20(13-16)25-3)15-21(24)22-17-8-10-18(27-4)11-9-17/h7-13H,5-6,14-15H2,1-4H3,(H,22,24). The van der Waals surface area contributed by atoms with E-state index in [1.807, 2.05) is 62.6 Å². The van der Waals surface area contributed by atoms with Crippen molar-refractivity contribution in [3.8, 4) is 11.5 Å². The molecule has 0 bridgehead atoms. The second kappa shape index (κ2) is 10.8. The molecule has 0 fully saturated rings. The first kappa shape index (κ1) is 21.1. The summed E-state index contributed by atoms with van der Waals surface area (Å²) in [5.74, 6) is 1.42. The first-order valence-corrected chi connectivity index (χ1v) is 10.3. The highest BCUT2D eigenvalue weighted by molar-refractivity contribution is 7.98. The second-order valence-electron chi connectivity index (χ2n) is 6.00. The van der Waals surface area contributed by atoms with Crippen molar-refractivity contribution in [3.63, 3.8) is 0 Å². The maximum atomic E-state index is 12.4. The summed E-state index contributed by atoms with van der Waals surface area (Å²) >= 11 is 1.68. The van der Waals surface area contributed by atoms with Crippen molar-refractivity contribution in [3.05, 3.63) is 48.0 Å². The molecule has 2 rings (SSSR count). The number of carbonyl (C=O) groups is 1. The summed E-state index contributed by atoms with van der Waals surface area (Å²) in [5.41, 5.74) is 1.89. The zero-order valence-corrected chi connectivity index (χ0v) is 17.3. The number of amides is 1. The number of anilines is 1. The molecule has 0 unspecified atom stereocenters. The number of methoxy groups -OCH3 is 1. The normalized spacial score (nSPS) is 10.7. The van der Waals surface area contributed by atoms with Gasteiger partial charge in [0.1, 0.15) is 0 Å². The minimum absolute atomic E-state index is 0.0216. The number of carbonyl (C=O) groups excluding carboxylic acids is 1. The topological polar surface area (TPSA) is 50.8 Å². The van der Waals surface area contributed by atoms with E-state index < -0.39 is 0 Å². The van der Waals surface area contributed by atoms with Crippen LogP contribution in [0.3, 0.4) is 0 Å². The summed E-state index contributed by atoms with van der Waals surface area (Å²) in [7, 11) is 1.63. The Labute approximate surface area is 166 Å². The lowest BCUT2D eigenvalue weighted by atomic mass is 10.2. The predicted octanol–water partition coefficient (Wildman–Crippen LogP) is 4.28. The van der Waals surface area contributed by atoms with E-state index in [0.717, 1.165) is 23.5 Å².